The van der Waals surface area contributed by atoms with E-state index in [9.17, 15) is 4.79 Å². The Kier molecular flexibility index (Phi) is 4.97. The highest BCUT2D eigenvalue weighted by Gasteiger charge is 2.24. The lowest BCUT2D eigenvalue weighted by atomic mass is 9.96. The largest absolute Gasteiger partial charge is 0.486 e. The topological polar surface area (TPSA) is 76.6 Å². The molecule has 1 N–H and O–H groups in total. The number of fused-ring (bicyclic) bond motifs is 1. The van der Waals surface area contributed by atoms with E-state index in [2.05, 4.69) is 15.3 Å². The SMILES string of the molecule is CN(C[C@@H]1COc2ccccc2O1)C(=O)Nc1cnc(C(C)(C)C)nc1. The average Bonchev–Trinajstić information content (AvgIpc) is 2.61. The van der Waals surface area contributed by atoms with Crippen LogP contribution in [0.25, 0.3) is 0 Å². The molecule has 1 atom stereocenters. The van der Waals surface area contributed by atoms with Crippen molar-refractivity contribution in [2.45, 2.75) is 32.3 Å². The number of para-hydroxylation sites is 2. The molecule has 1 aromatic carbocycles. The van der Waals surface area contributed by atoms with Crippen molar-refractivity contribution in [3.05, 3.63) is 42.5 Å². The van der Waals surface area contributed by atoms with Gasteiger partial charge >= 0.3 is 6.03 Å². The standard InChI is InChI=1S/C19H24N4O3/c1-19(2,3)17-20-9-13(10-21-17)22-18(24)23(4)11-14-12-25-15-7-5-6-8-16(15)26-14/h5-10,14H,11-12H2,1-4H3,(H,22,24)/t14-/m1/s1. The van der Waals surface area contributed by atoms with E-state index in [-0.39, 0.29) is 17.6 Å². The van der Waals surface area contributed by atoms with Crippen molar-refractivity contribution < 1.29 is 14.3 Å². The van der Waals surface area contributed by atoms with E-state index in [1.54, 1.807) is 24.3 Å². The fraction of sp³-hybridized carbons (Fsp3) is 0.421. The number of rotatable bonds is 3. The zero-order valence-corrected chi connectivity index (χ0v) is 15.5. The number of hydrogen-bond donors (Lipinski definition) is 1. The van der Waals surface area contributed by atoms with Crippen LogP contribution in [0.4, 0.5) is 10.5 Å². The smallest absolute Gasteiger partial charge is 0.321 e. The van der Waals surface area contributed by atoms with Crippen LogP contribution >= 0.6 is 0 Å². The number of likely N-dealkylation sites (N-methyl/N-ethyl adjacent to an activating group) is 1. The summed E-state index contributed by atoms with van der Waals surface area (Å²) >= 11 is 0. The highest BCUT2D eigenvalue weighted by atomic mass is 16.6. The first kappa shape index (κ1) is 18.0. The van der Waals surface area contributed by atoms with Crippen molar-refractivity contribution in [2.24, 2.45) is 0 Å². The van der Waals surface area contributed by atoms with E-state index in [0.717, 1.165) is 11.6 Å². The van der Waals surface area contributed by atoms with Gasteiger partial charge in [-0.25, -0.2) is 14.8 Å². The molecule has 0 spiro atoms. The lowest BCUT2D eigenvalue weighted by Gasteiger charge is -2.29. The van der Waals surface area contributed by atoms with Gasteiger partial charge in [-0.2, -0.15) is 0 Å². The van der Waals surface area contributed by atoms with Gasteiger partial charge in [0.2, 0.25) is 0 Å². The predicted molar refractivity (Wildman–Crippen MR) is 98.7 cm³/mol. The number of benzene rings is 1. The van der Waals surface area contributed by atoms with Gasteiger partial charge in [-0.3, -0.25) is 0 Å². The maximum atomic E-state index is 12.4. The van der Waals surface area contributed by atoms with Gasteiger partial charge in [-0.1, -0.05) is 32.9 Å². The summed E-state index contributed by atoms with van der Waals surface area (Å²) in [6.07, 6.45) is 3.02. The van der Waals surface area contributed by atoms with Crippen LogP contribution in [0.1, 0.15) is 26.6 Å². The molecule has 2 amide bonds. The maximum Gasteiger partial charge on any atom is 0.321 e. The van der Waals surface area contributed by atoms with Gasteiger partial charge in [0.25, 0.3) is 0 Å². The third kappa shape index (κ3) is 4.22. The molecule has 0 bridgehead atoms. The van der Waals surface area contributed by atoms with Crippen LogP contribution < -0.4 is 14.8 Å². The van der Waals surface area contributed by atoms with Crippen molar-refractivity contribution >= 4 is 11.7 Å². The number of aromatic nitrogens is 2. The Morgan fingerprint density at radius 2 is 1.88 bits per heavy atom. The third-order valence-corrected chi connectivity index (χ3v) is 3.97. The number of ether oxygens (including phenoxy) is 2. The molecule has 0 unspecified atom stereocenters. The number of urea groups is 1. The van der Waals surface area contributed by atoms with Crippen LogP contribution in [0.5, 0.6) is 11.5 Å². The Labute approximate surface area is 153 Å². The third-order valence-electron chi connectivity index (χ3n) is 3.97. The molecule has 0 saturated heterocycles. The summed E-state index contributed by atoms with van der Waals surface area (Å²) in [6.45, 7) is 6.93. The summed E-state index contributed by atoms with van der Waals surface area (Å²) < 4.78 is 11.6. The number of nitrogens with zero attached hydrogens (tertiary/aromatic N) is 3. The summed E-state index contributed by atoms with van der Waals surface area (Å²) in [6, 6.07) is 7.26. The second-order valence-electron chi connectivity index (χ2n) is 7.35. The second kappa shape index (κ2) is 7.19. The highest BCUT2D eigenvalue weighted by molar-refractivity contribution is 5.88. The quantitative estimate of drug-likeness (QED) is 0.914. The zero-order chi connectivity index (χ0) is 18.7. The van der Waals surface area contributed by atoms with E-state index in [0.29, 0.717) is 24.6 Å². The van der Waals surface area contributed by atoms with Crippen molar-refractivity contribution in [1.29, 1.82) is 0 Å². The number of anilines is 1. The fourth-order valence-corrected chi connectivity index (χ4v) is 2.54. The Morgan fingerprint density at radius 1 is 1.23 bits per heavy atom. The first-order valence-electron chi connectivity index (χ1n) is 8.56. The molecule has 1 aliphatic heterocycles. The molecule has 0 aliphatic carbocycles. The van der Waals surface area contributed by atoms with E-state index in [1.807, 2.05) is 45.0 Å². The normalized spacial score (nSPS) is 16.1. The molecule has 0 saturated carbocycles. The van der Waals surface area contributed by atoms with Crippen molar-refractivity contribution in [3.8, 4) is 11.5 Å². The minimum absolute atomic E-state index is 0.131. The van der Waals surface area contributed by atoms with E-state index < -0.39 is 0 Å². The minimum atomic E-state index is -0.250. The Balaban J connectivity index is 1.55. The van der Waals surface area contributed by atoms with Crippen LogP contribution in [0.2, 0.25) is 0 Å². The molecule has 2 aromatic rings. The summed E-state index contributed by atoms with van der Waals surface area (Å²) in [7, 11) is 1.71. The molecule has 1 aromatic heterocycles. The lowest BCUT2D eigenvalue weighted by molar-refractivity contribution is 0.0731. The molecule has 26 heavy (non-hydrogen) atoms. The van der Waals surface area contributed by atoms with Crippen LogP contribution in [-0.2, 0) is 5.41 Å². The maximum absolute atomic E-state index is 12.4. The number of nitrogens with one attached hydrogen (secondary N) is 1. The van der Waals surface area contributed by atoms with Gasteiger partial charge in [0.1, 0.15) is 12.4 Å². The molecule has 7 heteroatoms. The monoisotopic (exact) mass is 356 g/mol. The van der Waals surface area contributed by atoms with Gasteiger partial charge in [-0.05, 0) is 12.1 Å². The van der Waals surface area contributed by atoms with Gasteiger partial charge in [0, 0.05) is 12.5 Å². The van der Waals surface area contributed by atoms with E-state index >= 15 is 0 Å². The lowest BCUT2D eigenvalue weighted by Crippen LogP contribution is -2.43. The number of amides is 2. The van der Waals surface area contributed by atoms with Gasteiger partial charge in [-0.15, -0.1) is 0 Å². The van der Waals surface area contributed by atoms with Crippen LogP contribution in [-0.4, -0.2) is 47.2 Å². The fourth-order valence-electron chi connectivity index (χ4n) is 2.54. The molecule has 2 heterocycles. The van der Waals surface area contributed by atoms with Crippen molar-refractivity contribution in [1.82, 2.24) is 14.9 Å². The van der Waals surface area contributed by atoms with Gasteiger partial charge < -0.3 is 19.7 Å². The molecule has 138 valence electrons. The first-order chi connectivity index (χ1) is 12.3. The summed E-state index contributed by atoms with van der Waals surface area (Å²) in [5.41, 5.74) is 0.425. The van der Waals surface area contributed by atoms with E-state index in [1.165, 1.54) is 0 Å². The van der Waals surface area contributed by atoms with Crippen molar-refractivity contribution in [2.75, 3.05) is 25.5 Å². The molecular formula is C19H24N4O3. The van der Waals surface area contributed by atoms with Gasteiger partial charge in [0.15, 0.2) is 17.6 Å². The first-order valence-corrected chi connectivity index (χ1v) is 8.56. The highest BCUT2D eigenvalue weighted by Crippen LogP contribution is 2.31. The number of carbonyl (C=O) groups excluding carboxylic acids is 1. The van der Waals surface area contributed by atoms with Crippen LogP contribution in [0.15, 0.2) is 36.7 Å². The average molecular weight is 356 g/mol. The molecular weight excluding hydrogens is 332 g/mol. The Hall–Kier alpha value is -2.83. The molecule has 0 fully saturated rings. The van der Waals surface area contributed by atoms with Crippen LogP contribution in [0.3, 0.4) is 0 Å². The second-order valence-corrected chi connectivity index (χ2v) is 7.35. The minimum Gasteiger partial charge on any atom is -0.486 e. The number of carbonyl (C=O) groups is 1. The zero-order valence-electron chi connectivity index (χ0n) is 15.5. The van der Waals surface area contributed by atoms with Gasteiger partial charge in [0.05, 0.1) is 24.6 Å². The predicted octanol–water partition coefficient (Wildman–Crippen LogP) is 3.08. The van der Waals surface area contributed by atoms with Crippen LogP contribution in [0, 0.1) is 0 Å². The van der Waals surface area contributed by atoms with E-state index in [4.69, 9.17) is 9.47 Å². The number of hydrogen-bond acceptors (Lipinski definition) is 5. The Morgan fingerprint density at radius 3 is 2.54 bits per heavy atom. The van der Waals surface area contributed by atoms with Crippen molar-refractivity contribution in [3.63, 3.8) is 0 Å². The molecule has 3 rings (SSSR count). The molecule has 0 radical (unpaired) electrons. The molecule has 7 nitrogen and oxygen atoms in total. The summed E-state index contributed by atoms with van der Waals surface area (Å²) in [5, 5.41) is 2.79. The summed E-state index contributed by atoms with van der Waals surface area (Å²) in [5.74, 6) is 2.16. The Bertz CT molecular complexity index is 771. The molecule has 1 aliphatic rings. The summed E-state index contributed by atoms with van der Waals surface area (Å²) in [4.78, 5) is 22.6.